The van der Waals surface area contributed by atoms with Crippen molar-refractivity contribution in [1.82, 2.24) is 4.90 Å². The highest BCUT2D eigenvalue weighted by molar-refractivity contribution is 5.75. The second kappa shape index (κ2) is 5.57. The lowest BCUT2D eigenvalue weighted by atomic mass is 9.70. The molecule has 1 N–H and O–H groups in total. The highest BCUT2D eigenvalue weighted by Gasteiger charge is 2.43. The van der Waals surface area contributed by atoms with Gasteiger partial charge in [-0.15, -0.1) is 0 Å². The molecule has 1 heterocycles. The number of carboxylic acids is 1. The van der Waals surface area contributed by atoms with Crippen LogP contribution in [0.1, 0.15) is 39.5 Å². The van der Waals surface area contributed by atoms with Crippen LogP contribution in [0.3, 0.4) is 0 Å². The van der Waals surface area contributed by atoms with E-state index in [1.165, 1.54) is 0 Å². The van der Waals surface area contributed by atoms with Crippen LogP contribution in [0, 0.1) is 11.3 Å². The van der Waals surface area contributed by atoms with Crippen LogP contribution in [-0.4, -0.2) is 48.3 Å². The van der Waals surface area contributed by atoms with Crippen LogP contribution in [-0.2, 0) is 9.53 Å². The highest BCUT2D eigenvalue weighted by atomic mass is 16.5. The van der Waals surface area contributed by atoms with Gasteiger partial charge in [0.2, 0.25) is 0 Å². The van der Waals surface area contributed by atoms with Crippen LogP contribution in [0.2, 0.25) is 0 Å². The van der Waals surface area contributed by atoms with Gasteiger partial charge in [0.15, 0.2) is 0 Å². The number of aliphatic carboxylic acids is 1. The van der Waals surface area contributed by atoms with E-state index >= 15 is 0 Å². The third-order valence-corrected chi connectivity index (χ3v) is 4.70. The van der Waals surface area contributed by atoms with Crippen LogP contribution in [0.4, 0.5) is 0 Å². The fourth-order valence-electron chi connectivity index (χ4n) is 3.14. The van der Waals surface area contributed by atoms with Gasteiger partial charge in [-0.3, -0.25) is 9.69 Å². The van der Waals surface area contributed by atoms with E-state index in [1.807, 2.05) is 0 Å². The minimum atomic E-state index is -0.604. The van der Waals surface area contributed by atoms with E-state index in [1.54, 1.807) is 0 Å². The van der Waals surface area contributed by atoms with E-state index in [9.17, 15) is 9.90 Å². The van der Waals surface area contributed by atoms with Crippen LogP contribution >= 0.6 is 0 Å². The number of carbonyl (C=O) groups is 1. The standard InChI is InChI=1S/C14H25NO3/c1-11-3-5-14(6-4-11,13(16)17)10-15-7-8-18-9-12(15)2/h11-12H,3-10H2,1-2H3,(H,16,17). The van der Waals surface area contributed by atoms with Crippen molar-refractivity contribution in [3.05, 3.63) is 0 Å². The Morgan fingerprint density at radius 2 is 2.06 bits per heavy atom. The van der Waals surface area contributed by atoms with Crippen molar-refractivity contribution in [2.45, 2.75) is 45.6 Å². The normalized spacial score (nSPS) is 38.6. The Bertz CT molecular complexity index is 297. The van der Waals surface area contributed by atoms with E-state index in [2.05, 4.69) is 18.7 Å². The average molecular weight is 255 g/mol. The van der Waals surface area contributed by atoms with Crippen LogP contribution in [0.25, 0.3) is 0 Å². The van der Waals surface area contributed by atoms with E-state index in [0.717, 1.165) is 45.4 Å². The summed E-state index contributed by atoms with van der Waals surface area (Å²) < 4.78 is 5.42. The molecule has 2 aliphatic rings. The Morgan fingerprint density at radius 1 is 1.39 bits per heavy atom. The zero-order valence-corrected chi connectivity index (χ0v) is 11.5. The fourth-order valence-corrected chi connectivity index (χ4v) is 3.14. The third-order valence-electron chi connectivity index (χ3n) is 4.70. The van der Waals surface area contributed by atoms with Gasteiger partial charge in [-0.05, 0) is 38.5 Å². The van der Waals surface area contributed by atoms with Crippen LogP contribution in [0.5, 0.6) is 0 Å². The molecule has 0 radical (unpaired) electrons. The number of morpholine rings is 1. The Labute approximate surface area is 109 Å². The largest absolute Gasteiger partial charge is 0.481 e. The maximum Gasteiger partial charge on any atom is 0.310 e. The molecule has 0 aromatic rings. The molecule has 4 nitrogen and oxygen atoms in total. The van der Waals surface area contributed by atoms with E-state index in [4.69, 9.17) is 4.74 Å². The number of hydrogen-bond donors (Lipinski definition) is 1. The molecule has 0 aromatic carbocycles. The summed E-state index contributed by atoms with van der Waals surface area (Å²) in [4.78, 5) is 14.0. The molecule has 1 saturated heterocycles. The summed E-state index contributed by atoms with van der Waals surface area (Å²) in [5, 5.41) is 9.63. The molecule has 1 saturated carbocycles. The van der Waals surface area contributed by atoms with Gasteiger partial charge in [-0.2, -0.15) is 0 Å². The van der Waals surface area contributed by atoms with Crippen molar-refractivity contribution < 1.29 is 14.6 Å². The molecule has 18 heavy (non-hydrogen) atoms. The third kappa shape index (κ3) is 2.86. The highest BCUT2D eigenvalue weighted by Crippen LogP contribution is 2.40. The first-order valence-corrected chi connectivity index (χ1v) is 7.09. The zero-order chi connectivity index (χ0) is 13.2. The number of ether oxygens (including phenoxy) is 1. The quantitative estimate of drug-likeness (QED) is 0.838. The second-order valence-corrected chi connectivity index (χ2v) is 6.16. The topological polar surface area (TPSA) is 49.8 Å². The SMILES string of the molecule is CC1CCC(CN2CCOCC2C)(C(=O)O)CC1. The molecule has 4 heteroatoms. The molecular weight excluding hydrogens is 230 g/mol. The summed E-state index contributed by atoms with van der Waals surface area (Å²) in [5.74, 6) is 0.0766. The molecule has 1 unspecified atom stereocenters. The Morgan fingerprint density at radius 3 is 2.61 bits per heavy atom. The molecule has 104 valence electrons. The smallest absolute Gasteiger partial charge is 0.310 e. The zero-order valence-electron chi connectivity index (χ0n) is 11.5. The number of rotatable bonds is 3. The van der Waals surface area contributed by atoms with Gasteiger partial charge in [0.1, 0.15) is 0 Å². The van der Waals surface area contributed by atoms with Gasteiger partial charge in [-0.25, -0.2) is 0 Å². The summed E-state index contributed by atoms with van der Waals surface area (Å²) >= 11 is 0. The Balaban J connectivity index is 2.04. The number of carboxylic acid groups (broad SMARTS) is 1. The molecule has 1 aliphatic carbocycles. The van der Waals surface area contributed by atoms with Gasteiger partial charge in [-0.1, -0.05) is 6.92 Å². The summed E-state index contributed by atoms with van der Waals surface area (Å²) in [7, 11) is 0. The second-order valence-electron chi connectivity index (χ2n) is 6.16. The summed E-state index contributed by atoms with van der Waals surface area (Å²) in [6.45, 7) is 7.37. The fraction of sp³-hybridized carbons (Fsp3) is 0.929. The molecule has 2 rings (SSSR count). The van der Waals surface area contributed by atoms with Gasteiger partial charge < -0.3 is 9.84 Å². The predicted molar refractivity (Wildman–Crippen MR) is 69.6 cm³/mol. The van der Waals surface area contributed by atoms with Crippen molar-refractivity contribution in [2.75, 3.05) is 26.3 Å². The van der Waals surface area contributed by atoms with E-state index < -0.39 is 11.4 Å². The van der Waals surface area contributed by atoms with E-state index in [0.29, 0.717) is 18.5 Å². The first-order chi connectivity index (χ1) is 8.53. The molecular formula is C14H25NO3. The molecule has 2 fully saturated rings. The number of hydrogen-bond acceptors (Lipinski definition) is 3. The molecule has 0 aromatic heterocycles. The minimum Gasteiger partial charge on any atom is -0.481 e. The minimum absolute atomic E-state index is 0.342. The molecule has 0 bridgehead atoms. The lowest BCUT2D eigenvalue weighted by molar-refractivity contribution is -0.154. The van der Waals surface area contributed by atoms with Gasteiger partial charge in [0, 0.05) is 19.1 Å². The molecule has 1 atom stereocenters. The lowest BCUT2D eigenvalue weighted by Crippen LogP contribution is -2.52. The van der Waals surface area contributed by atoms with Crippen molar-refractivity contribution >= 4 is 5.97 Å². The van der Waals surface area contributed by atoms with Crippen LogP contribution in [0.15, 0.2) is 0 Å². The first-order valence-electron chi connectivity index (χ1n) is 7.09. The van der Waals surface area contributed by atoms with Crippen molar-refractivity contribution in [3.8, 4) is 0 Å². The Kier molecular flexibility index (Phi) is 4.28. The molecule has 1 aliphatic heterocycles. The van der Waals surface area contributed by atoms with E-state index in [-0.39, 0.29) is 0 Å². The van der Waals surface area contributed by atoms with Crippen molar-refractivity contribution in [3.63, 3.8) is 0 Å². The molecule has 0 spiro atoms. The van der Waals surface area contributed by atoms with Crippen LogP contribution < -0.4 is 0 Å². The van der Waals surface area contributed by atoms with Gasteiger partial charge >= 0.3 is 5.97 Å². The van der Waals surface area contributed by atoms with Gasteiger partial charge in [0.05, 0.1) is 18.6 Å². The lowest BCUT2D eigenvalue weighted by Gasteiger charge is -2.42. The van der Waals surface area contributed by atoms with Crippen molar-refractivity contribution in [2.24, 2.45) is 11.3 Å². The number of nitrogens with zero attached hydrogens (tertiary/aromatic N) is 1. The summed E-state index contributed by atoms with van der Waals surface area (Å²) in [6, 6.07) is 0.342. The predicted octanol–water partition coefficient (Wildman–Crippen LogP) is 1.99. The molecule has 0 amide bonds. The summed E-state index contributed by atoms with van der Waals surface area (Å²) in [5.41, 5.74) is -0.516. The first kappa shape index (κ1) is 13.8. The monoisotopic (exact) mass is 255 g/mol. The average Bonchev–Trinajstić information content (AvgIpc) is 2.35. The summed E-state index contributed by atoms with van der Waals surface area (Å²) in [6.07, 6.45) is 3.75. The Hall–Kier alpha value is -0.610. The van der Waals surface area contributed by atoms with Crippen molar-refractivity contribution in [1.29, 1.82) is 0 Å². The maximum absolute atomic E-state index is 11.7. The van der Waals surface area contributed by atoms with Gasteiger partial charge in [0.25, 0.3) is 0 Å². The maximum atomic E-state index is 11.7.